The number of nitrogens with zero attached hydrogens (tertiary/aromatic N) is 5. The predicted octanol–water partition coefficient (Wildman–Crippen LogP) is 4.11. The average Bonchev–Trinajstić information content (AvgIpc) is 3.23. The van der Waals surface area contributed by atoms with Crippen molar-refractivity contribution in [2.75, 3.05) is 6.54 Å². The highest BCUT2D eigenvalue weighted by molar-refractivity contribution is 7.98. The van der Waals surface area contributed by atoms with Gasteiger partial charge in [0.15, 0.2) is 10.9 Å². The van der Waals surface area contributed by atoms with Crippen molar-refractivity contribution in [3.8, 4) is 5.69 Å². The Morgan fingerprint density at radius 1 is 1.16 bits per heavy atom. The molecule has 0 saturated heterocycles. The van der Waals surface area contributed by atoms with Crippen molar-refractivity contribution in [1.82, 2.24) is 30.3 Å². The molecule has 0 fully saturated rings. The van der Waals surface area contributed by atoms with Gasteiger partial charge in [0.2, 0.25) is 0 Å². The third-order valence-corrected chi connectivity index (χ3v) is 5.93. The van der Waals surface area contributed by atoms with Crippen LogP contribution in [0.5, 0.6) is 0 Å². The quantitative estimate of drug-likeness (QED) is 0.324. The molecule has 0 aliphatic heterocycles. The standard InChI is InChI=1S/C22H23FN6OS/c23-17-7-9-18(10-8-17)29-19(15-31-22-25-12-4-13-26-22)20(27-28-29)21(30)24-14-11-16-5-2-1-3-6-16/h4-5,7-10,12-13H,1-3,6,11,14-15H2,(H,24,30). The van der Waals surface area contributed by atoms with E-state index < -0.39 is 0 Å². The van der Waals surface area contributed by atoms with Gasteiger partial charge in [-0.25, -0.2) is 19.0 Å². The van der Waals surface area contributed by atoms with E-state index in [2.05, 4.69) is 31.7 Å². The summed E-state index contributed by atoms with van der Waals surface area (Å²) in [7, 11) is 0. The van der Waals surface area contributed by atoms with Crippen molar-refractivity contribution in [3.63, 3.8) is 0 Å². The SMILES string of the molecule is O=C(NCCC1=CCCCC1)c1nnn(-c2ccc(F)cc2)c1CSc1ncccn1. The number of benzene rings is 1. The van der Waals surface area contributed by atoms with E-state index in [-0.39, 0.29) is 17.4 Å². The van der Waals surface area contributed by atoms with E-state index in [9.17, 15) is 9.18 Å². The maximum absolute atomic E-state index is 13.4. The van der Waals surface area contributed by atoms with Gasteiger partial charge in [0.1, 0.15) is 5.82 Å². The van der Waals surface area contributed by atoms with Gasteiger partial charge in [-0.15, -0.1) is 5.10 Å². The molecule has 0 saturated carbocycles. The molecule has 0 radical (unpaired) electrons. The molecular formula is C22H23FN6OS. The Balaban J connectivity index is 1.51. The zero-order valence-corrected chi connectivity index (χ0v) is 17.8. The number of carbonyl (C=O) groups is 1. The summed E-state index contributed by atoms with van der Waals surface area (Å²) in [6.45, 7) is 0.558. The second-order valence-corrected chi connectivity index (χ2v) is 8.15. The summed E-state index contributed by atoms with van der Waals surface area (Å²) in [5, 5.41) is 11.8. The van der Waals surface area contributed by atoms with Crippen molar-refractivity contribution in [3.05, 3.63) is 71.6 Å². The molecular weight excluding hydrogens is 415 g/mol. The number of amides is 1. The molecule has 1 aromatic carbocycles. The van der Waals surface area contributed by atoms with Crippen LogP contribution in [0.1, 0.15) is 48.3 Å². The third-order valence-electron chi connectivity index (χ3n) is 5.05. The normalized spacial score (nSPS) is 13.6. The van der Waals surface area contributed by atoms with Crippen LogP contribution in [0.4, 0.5) is 4.39 Å². The van der Waals surface area contributed by atoms with Gasteiger partial charge in [0.25, 0.3) is 5.91 Å². The average molecular weight is 439 g/mol. The Hall–Kier alpha value is -3.07. The lowest BCUT2D eigenvalue weighted by Gasteiger charge is -2.13. The first-order valence-electron chi connectivity index (χ1n) is 10.3. The highest BCUT2D eigenvalue weighted by Gasteiger charge is 2.21. The lowest BCUT2D eigenvalue weighted by atomic mass is 9.97. The second-order valence-electron chi connectivity index (χ2n) is 7.21. The van der Waals surface area contributed by atoms with Crippen molar-refractivity contribution in [2.45, 2.75) is 43.0 Å². The van der Waals surface area contributed by atoms with E-state index in [1.54, 1.807) is 35.3 Å². The summed E-state index contributed by atoms with van der Waals surface area (Å²) in [4.78, 5) is 21.3. The zero-order valence-electron chi connectivity index (χ0n) is 17.0. The molecule has 0 bridgehead atoms. The summed E-state index contributed by atoms with van der Waals surface area (Å²) in [5.74, 6) is -0.218. The van der Waals surface area contributed by atoms with E-state index in [4.69, 9.17) is 0 Å². The molecule has 0 unspecified atom stereocenters. The minimum absolute atomic E-state index is 0.255. The minimum Gasteiger partial charge on any atom is -0.350 e. The van der Waals surface area contributed by atoms with Crippen molar-refractivity contribution < 1.29 is 9.18 Å². The van der Waals surface area contributed by atoms with Crippen LogP contribution in [0.15, 0.2) is 59.5 Å². The van der Waals surface area contributed by atoms with Gasteiger partial charge in [-0.05, 0) is 62.4 Å². The number of aromatic nitrogens is 5. The maximum Gasteiger partial charge on any atom is 0.273 e. The largest absolute Gasteiger partial charge is 0.350 e. The number of allylic oxidation sites excluding steroid dienone is 1. The number of nitrogens with one attached hydrogen (secondary N) is 1. The van der Waals surface area contributed by atoms with Crippen LogP contribution in [-0.4, -0.2) is 37.4 Å². The van der Waals surface area contributed by atoms with Gasteiger partial charge in [-0.2, -0.15) is 0 Å². The fourth-order valence-corrected chi connectivity index (χ4v) is 4.24. The van der Waals surface area contributed by atoms with Crippen molar-refractivity contribution in [2.24, 2.45) is 0 Å². The Bertz CT molecular complexity index is 1050. The maximum atomic E-state index is 13.4. The van der Waals surface area contributed by atoms with Gasteiger partial charge < -0.3 is 5.32 Å². The number of rotatable bonds is 8. The number of hydrogen-bond donors (Lipinski definition) is 1. The molecule has 2 heterocycles. The Morgan fingerprint density at radius 2 is 1.97 bits per heavy atom. The summed E-state index contributed by atoms with van der Waals surface area (Å²) in [5.41, 5.74) is 2.90. The van der Waals surface area contributed by atoms with Crippen LogP contribution in [0.25, 0.3) is 5.69 Å². The van der Waals surface area contributed by atoms with Crippen LogP contribution >= 0.6 is 11.8 Å². The molecule has 1 aliphatic rings. The Labute approximate surface area is 184 Å². The molecule has 1 amide bonds. The number of halogens is 1. The van der Waals surface area contributed by atoms with E-state index in [1.807, 2.05) is 0 Å². The lowest BCUT2D eigenvalue weighted by Crippen LogP contribution is -2.26. The van der Waals surface area contributed by atoms with Crippen LogP contribution in [0.2, 0.25) is 0 Å². The topological polar surface area (TPSA) is 85.6 Å². The van der Waals surface area contributed by atoms with Crippen molar-refractivity contribution in [1.29, 1.82) is 0 Å². The monoisotopic (exact) mass is 438 g/mol. The molecule has 1 aliphatic carbocycles. The first-order valence-corrected chi connectivity index (χ1v) is 11.3. The van der Waals surface area contributed by atoms with Crippen LogP contribution in [-0.2, 0) is 5.75 Å². The molecule has 7 nitrogen and oxygen atoms in total. The Morgan fingerprint density at radius 3 is 2.71 bits per heavy atom. The number of hydrogen-bond acceptors (Lipinski definition) is 6. The molecule has 1 N–H and O–H groups in total. The molecule has 4 rings (SSSR count). The van der Waals surface area contributed by atoms with Gasteiger partial charge in [-0.1, -0.05) is 28.6 Å². The molecule has 2 aromatic heterocycles. The fraction of sp³-hybridized carbons (Fsp3) is 0.318. The molecule has 3 aromatic rings. The van der Waals surface area contributed by atoms with Gasteiger partial charge in [0, 0.05) is 24.7 Å². The zero-order chi connectivity index (χ0) is 21.5. The molecule has 0 spiro atoms. The summed E-state index contributed by atoms with van der Waals surface area (Å²) in [6, 6.07) is 7.66. The van der Waals surface area contributed by atoms with Gasteiger partial charge >= 0.3 is 0 Å². The van der Waals surface area contributed by atoms with Crippen LogP contribution < -0.4 is 5.32 Å². The molecule has 31 heavy (non-hydrogen) atoms. The predicted molar refractivity (Wildman–Crippen MR) is 116 cm³/mol. The molecule has 9 heteroatoms. The minimum atomic E-state index is -0.340. The highest BCUT2D eigenvalue weighted by atomic mass is 32.2. The second kappa shape index (κ2) is 10.3. The highest BCUT2D eigenvalue weighted by Crippen LogP contribution is 2.23. The first-order chi connectivity index (χ1) is 15.2. The summed E-state index contributed by atoms with van der Waals surface area (Å²) >= 11 is 1.38. The van der Waals surface area contributed by atoms with Crippen molar-refractivity contribution >= 4 is 17.7 Å². The summed E-state index contributed by atoms with van der Waals surface area (Å²) in [6.07, 6.45) is 11.1. The number of thioether (sulfide) groups is 1. The first kappa shape index (κ1) is 21.2. The van der Waals surface area contributed by atoms with Crippen LogP contribution in [0, 0.1) is 5.82 Å². The van der Waals surface area contributed by atoms with E-state index in [0.717, 1.165) is 19.3 Å². The lowest BCUT2D eigenvalue weighted by molar-refractivity contribution is 0.0948. The molecule has 0 atom stereocenters. The Kier molecular flexibility index (Phi) is 7.03. The smallest absolute Gasteiger partial charge is 0.273 e. The third kappa shape index (κ3) is 5.55. The van der Waals surface area contributed by atoms with Crippen LogP contribution in [0.3, 0.4) is 0 Å². The van der Waals surface area contributed by atoms with E-state index in [0.29, 0.717) is 28.8 Å². The van der Waals surface area contributed by atoms with E-state index >= 15 is 0 Å². The van der Waals surface area contributed by atoms with Gasteiger partial charge in [-0.3, -0.25) is 4.79 Å². The molecule has 160 valence electrons. The fourth-order valence-electron chi connectivity index (χ4n) is 3.44. The number of carbonyl (C=O) groups excluding carboxylic acids is 1. The van der Waals surface area contributed by atoms with E-state index in [1.165, 1.54) is 42.3 Å². The summed E-state index contributed by atoms with van der Waals surface area (Å²) < 4.78 is 14.9. The van der Waals surface area contributed by atoms with Gasteiger partial charge in [0.05, 0.1) is 11.4 Å².